The summed E-state index contributed by atoms with van der Waals surface area (Å²) in [5.41, 5.74) is 6.25. The highest BCUT2D eigenvalue weighted by Crippen LogP contribution is 2.28. The molecule has 3 rings (SSSR count). The molecule has 3 N–H and O–H groups in total. The van der Waals surface area contributed by atoms with Crippen LogP contribution < -0.4 is 21.9 Å². The number of hydrogen-bond acceptors (Lipinski definition) is 5. The number of H-pyrrole nitrogens is 1. The Morgan fingerprint density at radius 2 is 1.97 bits per heavy atom. The van der Waals surface area contributed by atoms with Crippen LogP contribution in [0.2, 0.25) is 0 Å². The highest BCUT2D eigenvalue weighted by molar-refractivity contribution is 6.08. The number of rotatable bonds is 7. The second-order valence-corrected chi connectivity index (χ2v) is 7.86. The summed E-state index contributed by atoms with van der Waals surface area (Å²) in [5.74, 6) is -0.273. The van der Waals surface area contributed by atoms with Gasteiger partial charge in [0.1, 0.15) is 11.4 Å². The van der Waals surface area contributed by atoms with E-state index in [-0.39, 0.29) is 29.7 Å². The Morgan fingerprint density at radius 3 is 2.60 bits per heavy atom. The molecule has 0 saturated heterocycles. The smallest absolute Gasteiger partial charge is 0.330 e. The maximum Gasteiger partial charge on any atom is 0.330 e. The number of para-hydroxylation sites is 1. The van der Waals surface area contributed by atoms with Gasteiger partial charge in [-0.05, 0) is 25.3 Å². The van der Waals surface area contributed by atoms with Crippen molar-refractivity contribution in [3.8, 4) is 0 Å². The Labute approximate surface area is 174 Å². The number of nitrogen functional groups attached to an aromatic ring is 1. The summed E-state index contributed by atoms with van der Waals surface area (Å²) in [6.45, 7) is 8.27. The number of anilines is 2. The standard InChI is InChI=1S/C22H28N4O4/c1-5-6-11-25-19(23)17(20(27)24-22(25)29)26(12-13(2)3)21(28)18-14(4)15-9-7-8-10-16(15)30-18/h7-10,13H,5-6,11-12,23H2,1-4H3,(H,24,27,29). The first-order valence-corrected chi connectivity index (χ1v) is 10.2. The van der Waals surface area contributed by atoms with E-state index in [0.29, 0.717) is 17.7 Å². The van der Waals surface area contributed by atoms with Gasteiger partial charge < -0.3 is 10.2 Å². The Balaban J connectivity index is 2.17. The van der Waals surface area contributed by atoms with Crippen LogP contribution in [-0.2, 0) is 6.54 Å². The van der Waals surface area contributed by atoms with E-state index in [9.17, 15) is 14.4 Å². The molecule has 2 heterocycles. The van der Waals surface area contributed by atoms with Gasteiger partial charge in [-0.3, -0.25) is 24.0 Å². The van der Waals surface area contributed by atoms with Crippen molar-refractivity contribution >= 4 is 28.4 Å². The number of aromatic nitrogens is 2. The lowest BCUT2D eigenvalue weighted by atomic mass is 10.1. The summed E-state index contributed by atoms with van der Waals surface area (Å²) < 4.78 is 7.14. The molecule has 0 fully saturated rings. The van der Waals surface area contributed by atoms with Gasteiger partial charge in [-0.15, -0.1) is 0 Å². The molecule has 0 bridgehead atoms. The molecule has 3 aromatic rings. The first-order chi connectivity index (χ1) is 14.3. The minimum atomic E-state index is -0.687. The van der Waals surface area contributed by atoms with E-state index in [2.05, 4.69) is 4.98 Å². The van der Waals surface area contributed by atoms with Gasteiger partial charge in [0.05, 0.1) is 0 Å². The first-order valence-electron chi connectivity index (χ1n) is 10.2. The largest absolute Gasteiger partial charge is 0.451 e. The molecule has 0 aliphatic rings. The number of hydrogen-bond donors (Lipinski definition) is 2. The second kappa shape index (κ2) is 8.61. The van der Waals surface area contributed by atoms with E-state index in [1.54, 1.807) is 6.07 Å². The van der Waals surface area contributed by atoms with Crippen molar-refractivity contribution < 1.29 is 9.21 Å². The lowest BCUT2D eigenvalue weighted by Crippen LogP contribution is -2.42. The van der Waals surface area contributed by atoms with Crippen LogP contribution in [0, 0.1) is 12.8 Å². The van der Waals surface area contributed by atoms with Crippen molar-refractivity contribution in [2.75, 3.05) is 17.2 Å². The fourth-order valence-corrected chi connectivity index (χ4v) is 3.52. The van der Waals surface area contributed by atoms with E-state index < -0.39 is 17.2 Å². The van der Waals surface area contributed by atoms with Gasteiger partial charge in [0.2, 0.25) is 0 Å². The van der Waals surface area contributed by atoms with Gasteiger partial charge in [0, 0.05) is 24.0 Å². The van der Waals surface area contributed by atoms with Gasteiger partial charge >= 0.3 is 5.69 Å². The number of fused-ring (bicyclic) bond motifs is 1. The maximum absolute atomic E-state index is 13.5. The number of nitrogens with zero attached hydrogens (tertiary/aromatic N) is 2. The summed E-state index contributed by atoms with van der Waals surface area (Å²) >= 11 is 0. The van der Waals surface area contributed by atoms with Crippen molar-refractivity contribution in [3.05, 3.63) is 56.4 Å². The Kier molecular flexibility index (Phi) is 6.14. The normalized spacial score (nSPS) is 11.4. The number of furan rings is 1. The highest BCUT2D eigenvalue weighted by Gasteiger charge is 2.29. The summed E-state index contributed by atoms with van der Waals surface area (Å²) in [5, 5.41) is 0.833. The molecule has 0 unspecified atom stereocenters. The van der Waals surface area contributed by atoms with Crippen LogP contribution in [0.25, 0.3) is 11.0 Å². The van der Waals surface area contributed by atoms with Crippen LogP contribution in [-0.4, -0.2) is 22.0 Å². The molecule has 0 aliphatic heterocycles. The van der Waals surface area contributed by atoms with Crippen molar-refractivity contribution in [2.24, 2.45) is 5.92 Å². The van der Waals surface area contributed by atoms with Gasteiger partial charge in [-0.25, -0.2) is 4.79 Å². The first kappa shape index (κ1) is 21.4. The van der Waals surface area contributed by atoms with Crippen molar-refractivity contribution in [1.29, 1.82) is 0 Å². The molecule has 0 aliphatic carbocycles. The molecular formula is C22H28N4O4. The van der Waals surface area contributed by atoms with Crippen molar-refractivity contribution in [3.63, 3.8) is 0 Å². The molecule has 1 aromatic carbocycles. The SMILES string of the molecule is CCCCn1c(N)c(N(CC(C)C)C(=O)c2oc3ccccc3c2C)c(=O)[nH]c1=O. The number of amides is 1. The molecular weight excluding hydrogens is 384 g/mol. The molecule has 0 atom stereocenters. The molecule has 8 nitrogen and oxygen atoms in total. The molecule has 30 heavy (non-hydrogen) atoms. The number of carbonyl (C=O) groups excluding carboxylic acids is 1. The van der Waals surface area contributed by atoms with Crippen LogP contribution in [0.4, 0.5) is 11.5 Å². The van der Waals surface area contributed by atoms with E-state index in [4.69, 9.17) is 10.2 Å². The van der Waals surface area contributed by atoms with Gasteiger partial charge in [-0.1, -0.05) is 45.4 Å². The van der Waals surface area contributed by atoms with Crippen LogP contribution >= 0.6 is 0 Å². The Bertz CT molecular complexity index is 1190. The molecule has 8 heteroatoms. The average Bonchev–Trinajstić information content (AvgIpc) is 3.03. The van der Waals surface area contributed by atoms with Crippen LogP contribution in [0.1, 0.15) is 49.7 Å². The molecule has 1 amide bonds. The van der Waals surface area contributed by atoms with Crippen LogP contribution in [0.15, 0.2) is 38.3 Å². The molecule has 160 valence electrons. The average molecular weight is 412 g/mol. The zero-order valence-corrected chi connectivity index (χ0v) is 17.8. The van der Waals surface area contributed by atoms with Crippen molar-refractivity contribution in [2.45, 2.75) is 47.1 Å². The molecule has 2 aromatic heterocycles. The van der Waals surface area contributed by atoms with E-state index in [1.165, 1.54) is 9.47 Å². The summed E-state index contributed by atoms with van der Waals surface area (Å²) in [6, 6.07) is 7.37. The third-order valence-electron chi connectivity index (χ3n) is 5.05. The predicted molar refractivity (Wildman–Crippen MR) is 118 cm³/mol. The lowest BCUT2D eigenvalue weighted by molar-refractivity contribution is 0.0958. The maximum atomic E-state index is 13.5. The number of unbranched alkanes of at least 4 members (excludes halogenated alkanes) is 1. The summed E-state index contributed by atoms with van der Waals surface area (Å²) in [6.07, 6.45) is 1.57. The zero-order chi connectivity index (χ0) is 22.0. The summed E-state index contributed by atoms with van der Waals surface area (Å²) in [4.78, 5) is 42.2. The minimum Gasteiger partial charge on any atom is -0.451 e. The molecule has 0 radical (unpaired) electrons. The quantitative estimate of drug-likeness (QED) is 0.618. The number of nitrogens with one attached hydrogen (secondary N) is 1. The Morgan fingerprint density at radius 1 is 1.27 bits per heavy atom. The fourth-order valence-electron chi connectivity index (χ4n) is 3.52. The molecule has 0 spiro atoms. The van der Waals surface area contributed by atoms with Gasteiger partial charge in [-0.2, -0.15) is 0 Å². The Hall–Kier alpha value is -3.29. The minimum absolute atomic E-state index is 0.0139. The summed E-state index contributed by atoms with van der Waals surface area (Å²) in [7, 11) is 0. The zero-order valence-electron chi connectivity index (χ0n) is 17.8. The number of aryl methyl sites for hydroxylation is 1. The second-order valence-electron chi connectivity index (χ2n) is 7.86. The van der Waals surface area contributed by atoms with Gasteiger partial charge in [0.25, 0.3) is 11.5 Å². The van der Waals surface area contributed by atoms with Crippen molar-refractivity contribution in [1.82, 2.24) is 9.55 Å². The number of benzene rings is 1. The lowest BCUT2D eigenvalue weighted by Gasteiger charge is -2.25. The van der Waals surface area contributed by atoms with Crippen LogP contribution in [0.3, 0.4) is 0 Å². The predicted octanol–water partition coefficient (Wildman–Crippen LogP) is 3.28. The van der Waals surface area contributed by atoms with Crippen LogP contribution in [0.5, 0.6) is 0 Å². The van der Waals surface area contributed by atoms with Gasteiger partial charge in [0.15, 0.2) is 11.4 Å². The number of aromatic amines is 1. The third kappa shape index (κ3) is 3.90. The van der Waals surface area contributed by atoms with E-state index in [1.807, 2.05) is 45.9 Å². The number of carbonyl (C=O) groups is 1. The molecule has 0 saturated carbocycles. The van der Waals surface area contributed by atoms with E-state index in [0.717, 1.165) is 18.2 Å². The number of nitrogens with two attached hydrogens (primary N) is 1. The fraction of sp³-hybridized carbons (Fsp3) is 0.409. The topological polar surface area (TPSA) is 114 Å². The van der Waals surface area contributed by atoms with E-state index >= 15 is 0 Å². The monoisotopic (exact) mass is 412 g/mol. The third-order valence-corrected chi connectivity index (χ3v) is 5.05. The highest BCUT2D eigenvalue weighted by atomic mass is 16.3.